The molecule has 0 amide bonds. The Kier molecular flexibility index (Phi) is 4.69. The van der Waals surface area contributed by atoms with Crippen molar-refractivity contribution >= 4 is 29.2 Å². The molecule has 0 atom stereocenters. The zero-order valence-corrected chi connectivity index (χ0v) is 13.3. The van der Waals surface area contributed by atoms with E-state index in [0.29, 0.717) is 32.8 Å². The number of carbonyl (C=O) groups excluding carboxylic acids is 1. The van der Waals surface area contributed by atoms with Crippen LogP contribution in [0.1, 0.15) is 11.3 Å². The van der Waals surface area contributed by atoms with E-state index in [1.54, 1.807) is 36.4 Å². The van der Waals surface area contributed by atoms with Gasteiger partial charge in [0.05, 0.1) is 12.7 Å². The second-order valence-electron chi connectivity index (χ2n) is 4.70. The van der Waals surface area contributed by atoms with Crippen LogP contribution in [-0.4, -0.2) is 11.1 Å². The summed E-state index contributed by atoms with van der Waals surface area (Å²) in [6, 6.07) is 10.2. The molecule has 0 unspecified atom stereocenters. The van der Waals surface area contributed by atoms with Gasteiger partial charge in [-0.3, -0.25) is 4.79 Å². The fraction of sp³-hybridized carbons (Fsp3) is 0.125. The van der Waals surface area contributed by atoms with Crippen LogP contribution in [-0.2, 0) is 22.6 Å². The number of carbonyl (C=O) groups is 1. The Morgan fingerprint density at radius 3 is 2.61 bits per heavy atom. The molecule has 0 spiro atoms. The van der Waals surface area contributed by atoms with Gasteiger partial charge >= 0.3 is 5.97 Å². The fourth-order valence-corrected chi connectivity index (χ4v) is 2.50. The number of hydrogen-bond donors (Lipinski definition) is 0. The van der Waals surface area contributed by atoms with Gasteiger partial charge in [-0.25, -0.2) is 0 Å². The molecular formula is C16H11Cl2NO4. The number of halogens is 2. The molecule has 3 rings (SSSR count). The molecular weight excluding hydrogens is 341 g/mol. The van der Waals surface area contributed by atoms with E-state index in [4.69, 9.17) is 36.9 Å². The number of furan rings is 1. The Morgan fingerprint density at radius 2 is 1.91 bits per heavy atom. The summed E-state index contributed by atoms with van der Waals surface area (Å²) < 4.78 is 15.5. The van der Waals surface area contributed by atoms with Crippen molar-refractivity contribution in [2.45, 2.75) is 13.0 Å². The summed E-state index contributed by atoms with van der Waals surface area (Å²) in [4.78, 5) is 11.9. The SMILES string of the molecule is O=C(Cc1c(Cl)cccc1Cl)OCc1cc(-c2ccco2)on1. The van der Waals surface area contributed by atoms with Gasteiger partial charge in [0.1, 0.15) is 12.3 Å². The Morgan fingerprint density at radius 1 is 1.13 bits per heavy atom. The first-order valence-electron chi connectivity index (χ1n) is 6.71. The molecule has 2 heterocycles. The van der Waals surface area contributed by atoms with Crippen molar-refractivity contribution in [2.75, 3.05) is 0 Å². The maximum absolute atomic E-state index is 11.9. The molecule has 0 radical (unpaired) electrons. The molecule has 0 saturated heterocycles. The number of rotatable bonds is 5. The normalized spacial score (nSPS) is 10.7. The van der Waals surface area contributed by atoms with Gasteiger partial charge in [0, 0.05) is 21.7 Å². The van der Waals surface area contributed by atoms with E-state index in [1.807, 2.05) is 0 Å². The molecule has 0 saturated carbocycles. The predicted molar refractivity (Wildman–Crippen MR) is 84.2 cm³/mol. The maximum atomic E-state index is 11.9. The lowest BCUT2D eigenvalue weighted by molar-refractivity contribution is -0.144. The molecule has 0 N–H and O–H groups in total. The highest BCUT2D eigenvalue weighted by atomic mass is 35.5. The van der Waals surface area contributed by atoms with E-state index < -0.39 is 5.97 Å². The third-order valence-corrected chi connectivity index (χ3v) is 3.80. The zero-order valence-electron chi connectivity index (χ0n) is 11.8. The van der Waals surface area contributed by atoms with Crippen LogP contribution in [0.4, 0.5) is 0 Å². The van der Waals surface area contributed by atoms with E-state index in [1.165, 1.54) is 6.26 Å². The van der Waals surface area contributed by atoms with Crippen LogP contribution in [0.5, 0.6) is 0 Å². The van der Waals surface area contributed by atoms with Gasteiger partial charge in [0.2, 0.25) is 5.76 Å². The molecule has 2 aromatic heterocycles. The summed E-state index contributed by atoms with van der Waals surface area (Å²) in [6.45, 7) is -0.00882. The Hall–Kier alpha value is -2.24. The van der Waals surface area contributed by atoms with Crippen molar-refractivity contribution < 1.29 is 18.5 Å². The standard InChI is InChI=1S/C16H11Cl2NO4/c17-12-3-1-4-13(18)11(12)8-16(20)22-9-10-7-15(23-19-10)14-5-2-6-21-14/h1-7H,8-9H2. The van der Waals surface area contributed by atoms with E-state index >= 15 is 0 Å². The van der Waals surface area contributed by atoms with Crippen LogP contribution in [0, 0.1) is 0 Å². The molecule has 23 heavy (non-hydrogen) atoms. The van der Waals surface area contributed by atoms with Crippen LogP contribution >= 0.6 is 23.2 Å². The van der Waals surface area contributed by atoms with Crippen LogP contribution < -0.4 is 0 Å². The predicted octanol–water partition coefficient (Wildman–Crippen LogP) is 4.53. The Labute approximate surface area is 141 Å². The first-order chi connectivity index (χ1) is 11.1. The zero-order chi connectivity index (χ0) is 16.2. The lowest BCUT2D eigenvalue weighted by Crippen LogP contribution is -2.09. The van der Waals surface area contributed by atoms with E-state index in [9.17, 15) is 4.79 Å². The van der Waals surface area contributed by atoms with Crippen LogP contribution in [0.15, 0.2) is 51.6 Å². The minimum Gasteiger partial charge on any atom is -0.461 e. The Balaban J connectivity index is 1.59. The quantitative estimate of drug-likeness (QED) is 0.632. The van der Waals surface area contributed by atoms with E-state index in [0.717, 1.165) is 0 Å². The molecule has 3 aromatic rings. The summed E-state index contributed by atoms with van der Waals surface area (Å²) >= 11 is 12.0. The van der Waals surface area contributed by atoms with Crippen LogP contribution in [0.2, 0.25) is 10.0 Å². The van der Waals surface area contributed by atoms with Gasteiger partial charge in [0.25, 0.3) is 0 Å². The summed E-state index contributed by atoms with van der Waals surface area (Å²) in [6.07, 6.45) is 1.52. The van der Waals surface area contributed by atoms with Crippen molar-refractivity contribution in [1.29, 1.82) is 0 Å². The third-order valence-electron chi connectivity index (χ3n) is 3.09. The van der Waals surface area contributed by atoms with Gasteiger partial charge in [-0.05, 0) is 24.3 Å². The molecule has 118 valence electrons. The summed E-state index contributed by atoms with van der Waals surface area (Å²) in [5, 5.41) is 4.68. The molecule has 0 fully saturated rings. The number of benzene rings is 1. The molecule has 0 aliphatic rings. The minimum atomic E-state index is -0.456. The highest BCUT2D eigenvalue weighted by Gasteiger charge is 2.14. The molecule has 1 aromatic carbocycles. The lowest BCUT2D eigenvalue weighted by Gasteiger charge is -2.06. The molecule has 0 aliphatic carbocycles. The number of ether oxygens (including phenoxy) is 1. The minimum absolute atomic E-state index is 0.00882. The number of hydrogen-bond acceptors (Lipinski definition) is 5. The summed E-state index contributed by atoms with van der Waals surface area (Å²) in [5.41, 5.74) is 1.02. The number of nitrogens with zero attached hydrogens (tertiary/aromatic N) is 1. The smallest absolute Gasteiger partial charge is 0.310 e. The molecule has 7 heteroatoms. The van der Waals surface area contributed by atoms with Crippen molar-refractivity contribution in [3.8, 4) is 11.5 Å². The van der Waals surface area contributed by atoms with Gasteiger partial charge < -0.3 is 13.7 Å². The molecule has 5 nitrogen and oxygen atoms in total. The van der Waals surface area contributed by atoms with Gasteiger partial charge in [0.15, 0.2) is 5.76 Å². The maximum Gasteiger partial charge on any atom is 0.310 e. The lowest BCUT2D eigenvalue weighted by atomic mass is 10.1. The highest BCUT2D eigenvalue weighted by molar-refractivity contribution is 6.36. The highest BCUT2D eigenvalue weighted by Crippen LogP contribution is 2.25. The number of aromatic nitrogens is 1. The van der Waals surface area contributed by atoms with Crippen LogP contribution in [0.3, 0.4) is 0 Å². The van der Waals surface area contributed by atoms with Gasteiger partial charge in [-0.15, -0.1) is 0 Å². The molecule has 0 aliphatic heterocycles. The van der Waals surface area contributed by atoms with Crippen molar-refractivity contribution in [2.24, 2.45) is 0 Å². The first kappa shape index (κ1) is 15.6. The fourth-order valence-electron chi connectivity index (χ4n) is 1.97. The van der Waals surface area contributed by atoms with Gasteiger partial charge in [-0.2, -0.15) is 0 Å². The second-order valence-corrected chi connectivity index (χ2v) is 5.51. The van der Waals surface area contributed by atoms with E-state index in [-0.39, 0.29) is 13.0 Å². The average molecular weight is 352 g/mol. The first-order valence-corrected chi connectivity index (χ1v) is 7.47. The second kappa shape index (κ2) is 6.89. The average Bonchev–Trinajstić information content (AvgIpc) is 3.19. The topological polar surface area (TPSA) is 65.5 Å². The summed E-state index contributed by atoms with van der Waals surface area (Å²) in [5.74, 6) is 0.565. The van der Waals surface area contributed by atoms with Crippen LogP contribution in [0.25, 0.3) is 11.5 Å². The van der Waals surface area contributed by atoms with Gasteiger partial charge in [-0.1, -0.05) is 34.4 Å². The monoisotopic (exact) mass is 351 g/mol. The third kappa shape index (κ3) is 3.75. The summed E-state index contributed by atoms with van der Waals surface area (Å²) in [7, 11) is 0. The Bertz CT molecular complexity index is 791. The largest absolute Gasteiger partial charge is 0.461 e. The van der Waals surface area contributed by atoms with Crippen molar-refractivity contribution in [3.05, 3.63) is 64.0 Å². The van der Waals surface area contributed by atoms with E-state index in [2.05, 4.69) is 5.16 Å². The number of esters is 1. The van der Waals surface area contributed by atoms with Crippen molar-refractivity contribution in [3.63, 3.8) is 0 Å². The molecule has 0 bridgehead atoms. The van der Waals surface area contributed by atoms with Crippen molar-refractivity contribution in [1.82, 2.24) is 5.16 Å².